The fourth-order valence-corrected chi connectivity index (χ4v) is 2.58. The molecule has 2 N–H and O–H groups in total. The van der Waals surface area contributed by atoms with Crippen LogP contribution in [0.3, 0.4) is 0 Å². The number of hydrogen-bond donors (Lipinski definition) is 1. The standard InChI is InChI=1S/C12H15Cl2NO4S/c1-2-20(17,18)5-3-4-19-12(16)8-6-9(13)11(14)10(15)7-8/h6-7H,2-5,15H2,1H3. The van der Waals surface area contributed by atoms with Crippen LogP contribution in [0.1, 0.15) is 23.7 Å². The van der Waals surface area contributed by atoms with Crippen molar-refractivity contribution in [2.45, 2.75) is 13.3 Å². The van der Waals surface area contributed by atoms with Crippen LogP contribution in [0.25, 0.3) is 0 Å². The van der Waals surface area contributed by atoms with Crippen molar-refractivity contribution in [2.24, 2.45) is 0 Å². The van der Waals surface area contributed by atoms with Crippen LogP contribution < -0.4 is 5.73 Å². The molecule has 5 nitrogen and oxygen atoms in total. The van der Waals surface area contributed by atoms with Crippen LogP contribution in [0, 0.1) is 0 Å². The van der Waals surface area contributed by atoms with Crippen LogP contribution in [0.15, 0.2) is 12.1 Å². The first-order chi connectivity index (χ1) is 9.26. The van der Waals surface area contributed by atoms with E-state index in [0.717, 1.165) is 0 Å². The zero-order valence-electron chi connectivity index (χ0n) is 10.9. The molecule has 0 heterocycles. The molecule has 0 fully saturated rings. The second kappa shape index (κ2) is 7.15. The molecule has 8 heteroatoms. The second-order valence-corrected chi connectivity index (χ2v) is 7.35. The maximum Gasteiger partial charge on any atom is 0.338 e. The van der Waals surface area contributed by atoms with Gasteiger partial charge in [0.1, 0.15) is 9.84 Å². The topological polar surface area (TPSA) is 86.5 Å². The molecule has 1 aromatic carbocycles. The molecule has 0 saturated carbocycles. The maximum absolute atomic E-state index is 11.7. The number of anilines is 1. The number of esters is 1. The summed E-state index contributed by atoms with van der Waals surface area (Å²) in [4.78, 5) is 11.7. The summed E-state index contributed by atoms with van der Waals surface area (Å²) in [7, 11) is -3.05. The molecule has 112 valence electrons. The maximum atomic E-state index is 11.7. The Labute approximate surface area is 127 Å². The highest BCUT2D eigenvalue weighted by atomic mass is 35.5. The van der Waals surface area contributed by atoms with Crippen molar-refractivity contribution >= 4 is 44.7 Å². The molecule has 0 spiro atoms. The summed E-state index contributed by atoms with van der Waals surface area (Å²) in [6.07, 6.45) is 0.249. The fourth-order valence-electron chi connectivity index (χ4n) is 1.40. The third-order valence-electron chi connectivity index (χ3n) is 2.56. The lowest BCUT2D eigenvalue weighted by Crippen LogP contribution is -2.13. The number of hydrogen-bond acceptors (Lipinski definition) is 5. The largest absolute Gasteiger partial charge is 0.462 e. The van der Waals surface area contributed by atoms with Crippen LogP contribution in [-0.4, -0.2) is 32.5 Å². The van der Waals surface area contributed by atoms with Gasteiger partial charge in [-0.15, -0.1) is 0 Å². The van der Waals surface area contributed by atoms with Crippen molar-refractivity contribution in [2.75, 3.05) is 23.8 Å². The van der Waals surface area contributed by atoms with Gasteiger partial charge in [0.05, 0.1) is 33.7 Å². The first-order valence-corrected chi connectivity index (χ1v) is 8.46. The number of benzene rings is 1. The molecule has 0 aliphatic heterocycles. The van der Waals surface area contributed by atoms with E-state index in [-0.39, 0.29) is 45.8 Å². The Morgan fingerprint density at radius 2 is 2.00 bits per heavy atom. The van der Waals surface area contributed by atoms with E-state index in [0.29, 0.717) is 0 Å². The van der Waals surface area contributed by atoms with Gasteiger partial charge in [-0.3, -0.25) is 0 Å². The van der Waals surface area contributed by atoms with Crippen molar-refractivity contribution in [1.82, 2.24) is 0 Å². The van der Waals surface area contributed by atoms with E-state index in [1.54, 1.807) is 6.92 Å². The predicted octanol–water partition coefficient (Wildman–Crippen LogP) is 2.56. The van der Waals surface area contributed by atoms with Gasteiger partial charge in [0.2, 0.25) is 0 Å². The molecule has 0 aliphatic rings. The highest BCUT2D eigenvalue weighted by molar-refractivity contribution is 7.91. The van der Waals surface area contributed by atoms with Gasteiger partial charge in [0.25, 0.3) is 0 Å². The Morgan fingerprint density at radius 1 is 1.35 bits per heavy atom. The van der Waals surface area contributed by atoms with Crippen LogP contribution in [-0.2, 0) is 14.6 Å². The van der Waals surface area contributed by atoms with Crippen molar-refractivity contribution < 1.29 is 17.9 Å². The van der Waals surface area contributed by atoms with Gasteiger partial charge in [0, 0.05) is 5.75 Å². The molecular weight excluding hydrogens is 325 g/mol. The van der Waals surface area contributed by atoms with E-state index < -0.39 is 15.8 Å². The summed E-state index contributed by atoms with van der Waals surface area (Å²) in [5, 5.41) is 0.337. The average Bonchev–Trinajstić information content (AvgIpc) is 2.40. The van der Waals surface area contributed by atoms with Gasteiger partial charge in [-0.25, -0.2) is 13.2 Å². The summed E-state index contributed by atoms with van der Waals surface area (Å²) in [6.45, 7) is 1.58. The molecular formula is C12H15Cl2NO4S. The SMILES string of the molecule is CCS(=O)(=O)CCCOC(=O)c1cc(N)c(Cl)c(Cl)c1. The third-order valence-corrected chi connectivity index (χ3v) is 5.17. The smallest absolute Gasteiger partial charge is 0.338 e. The second-order valence-electron chi connectivity index (χ2n) is 4.09. The van der Waals surface area contributed by atoms with Gasteiger partial charge in [-0.2, -0.15) is 0 Å². The minimum Gasteiger partial charge on any atom is -0.462 e. The Balaban J connectivity index is 2.56. The van der Waals surface area contributed by atoms with E-state index in [2.05, 4.69) is 0 Å². The quantitative estimate of drug-likeness (QED) is 0.489. The minimum absolute atomic E-state index is 0.0121. The first-order valence-electron chi connectivity index (χ1n) is 5.89. The lowest BCUT2D eigenvalue weighted by molar-refractivity contribution is 0.0506. The number of nitrogens with two attached hydrogens (primary N) is 1. The van der Waals surface area contributed by atoms with Crippen molar-refractivity contribution in [3.8, 4) is 0 Å². The Hall–Kier alpha value is -0.980. The lowest BCUT2D eigenvalue weighted by Gasteiger charge is -2.07. The summed E-state index contributed by atoms with van der Waals surface area (Å²) in [5.74, 6) is -0.561. The fraction of sp³-hybridized carbons (Fsp3) is 0.417. The van der Waals surface area contributed by atoms with Gasteiger partial charge in [-0.1, -0.05) is 30.1 Å². The summed E-state index contributed by atoms with van der Waals surface area (Å²) in [6, 6.07) is 2.71. The molecule has 0 unspecified atom stereocenters. The molecule has 0 aliphatic carbocycles. The number of nitrogen functional groups attached to an aromatic ring is 1. The number of carbonyl (C=O) groups is 1. The van der Waals surface area contributed by atoms with Gasteiger partial charge >= 0.3 is 5.97 Å². The van der Waals surface area contributed by atoms with Crippen LogP contribution in [0.4, 0.5) is 5.69 Å². The van der Waals surface area contributed by atoms with Crippen molar-refractivity contribution in [1.29, 1.82) is 0 Å². The lowest BCUT2D eigenvalue weighted by atomic mass is 10.2. The molecule has 0 saturated heterocycles. The molecule has 20 heavy (non-hydrogen) atoms. The number of carbonyl (C=O) groups excluding carboxylic acids is 1. The Bertz CT molecular complexity index is 578. The molecule has 1 rings (SSSR count). The number of sulfone groups is 1. The zero-order valence-corrected chi connectivity index (χ0v) is 13.2. The molecule has 0 atom stereocenters. The summed E-state index contributed by atoms with van der Waals surface area (Å²) >= 11 is 11.6. The van der Waals surface area contributed by atoms with E-state index in [1.165, 1.54) is 12.1 Å². The van der Waals surface area contributed by atoms with E-state index in [1.807, 2.05) is 0 Å². The number of ether oxygens (including phenoxy) is 1. The van der Waals surface area contributed by atoms with E-state index >= 15 is 0 Å². The number of halogens is 2. The predicted molar refractivity (Wildman–Crippen MR) is 80.1 cm³/mol. The monoisotopic (exact) mass is 339 g/mol. The summed E-state index contributed by atoms with van der Waals surface area (Å²) < 4.78 is 27.5. The zero-order chi connectivity index (χ0) is 15.3. The summed E-state index contributed by atoms with van der Waals surface area (Å²) in [5.41, 5.74) is 5.94. The molecule has 1 aromatic rings. The highest BCUT2D eigenvalue weighted by Crippen LogP contribution is 2.29. The number of rotatable bonds is 6. The van der Waals surface area contributed by atoms with E-state index in [9.17, 15) is 13.2 Å². The average molecular weight is 340 g/mol. The Morgan fingerprint density at radius 3 is 2.55 bits per heavy atom. The van der Waals surface area contributed by atoms with E-state index in [4.69, 9.17) is 33.7 Å². The molecule has 0 amide bonds. The highest BCUT2D eigenvalue weighted by Gasteiger charge is 2.13. The van der Waals surface area contributed by atoms with Gasteiger partial charge < -0.3 is 10.5 Å². The first kappa shape index (κ1) is 17.1. The van der Waals surface area contributed by atoms with Crippen molar-refractivity contribution in [3.63, 3.8) is 0 Å². The van der Waals surface area contributed by atoms with Crippen molar-refractivity contribution in [3.05, 3.63) is 27.7 Å². The van der Waals surface area contributed by atoms with Crippen LogP contribution >= 0.6 is 23.2 Å². The molecule has 0 radical (unpaired) electrons. The van der Waals surface area contributed by atoms with Gasteiger partial charge in [-0.05, 0) is 18.6 Å². The van der Waals surface area contributed by atoms with Crippen LogP contribution in [0.5, 0.6) is 0 Å². The van der Waals surface area contributed by atoms with Crippen LogP contribution in [0.2, 0.25) is 10.0 Å². The van der Waals surface area contributed by atoms with Gasteiger partial charge in [0.15, 0.2) is 0 Å². The third kappa shape index (κ3) is 4.85. The molecule has 0 aromatic heterocycles. The Kier molecular flexibility index (Phi) is 6.10. The normalized spacial score (nSPS) is 11.3. The minimum atomic E-state index is -3.05. The molecule has 0 bridgehead atoms.